The number of ether oxygens (including phenoxy) is 1. The van der Waals surface area contributed by atoms with Crippen LogP contribution in [0, 0.1) is 6.92 Å². The van der Waals surface area contributed by atoms with Crippen molar-refractivity contribution in [1.29, 1.82) is 0 Å². The first kappa shape index (κ1) is 19.0. The number of hydrogen-bond acceptors (Lipinski definition) is 3. The molecule has 0 unspecified atom stereocenters. The highest BCUT2D eigenvalue weighted by molar-refractivity contribution is 7.80. The molecule has 0 saturated heterocycles. The van der Waals surface area contributed by atoms with Crippen molar-refractivity contribution in [3.05, 3.63) is 58.6 Å². The minimum Gasteiger partial charge on any atom is -0.482 e. The van der Waals surface area contributed by atoms with Gasteiger partial charge in [0.05, 0.1) is 5.02 Å². The summed E-state index contributed by atoms with van der Waals surface area (Å²) < 4.78 is 5.36. The molecular formula is C18H20ClN3O2S. The van der Waals surface area contributed by atoms with Gasteiger partial charge in [0.15, 0.2) is 11.7 Å². The maximum absolute atomic E-state index is 11.8. The van der Waals surface area contributed by atoms with Crippen LogP contribution >= 0.6 is 23.8 Å². The normalized spacial score (nSPS) is 10.0. The summed E-state index contributed by atoms with van der Waals surface area (Å²) in [6.45, 7) is 3.90. The zero-order chi connectivity index (χ0) is 18.2. The molecule has 0 aliphatic heterocycles. The lowest BCUT2D eigenvalue weighted by Gasteiger charge is -2.16. The van der Waals surface area contributed by atoms with E-state index in [0.29, 0.717) is 15.9 Å². The molecule has 2 aromatic carbocycles. The SMILES string of the molecule is CCc1cccc(C)c1NC(=S)NNC(=O)COc1ccccc1Cl. The molecule has 2 aromatic rings. The zero-order valence-corrected chi connectivity index (χ0v) is 15.6. The Morgan fingerprint density at radius 2 is 1.92 bits per heavy atom. The first-order chi connectivity index (χ1) is 12.0. The number of aryl methyl sites for hydroxylation is 2. The van der Waals surface area contributed by atoms with Gasteiger partial charge in [0, 0.05) is 5.69 Å². The van der Waals surface area contributed by atoms with E-state index >= 15 is 0 Å². The average molecular weight is 378 g/mol. The van der Waals surface area contributed by atoms with Crippen molar-refractivity contribution >= 4 is 40.5 Å². The fraction of sp³-hybridized carbons (Fsp3) is 0.222. The molecule has 0 fully saturated rings. The predicted molar refractivity (Wildman–Crippen MR) is 105 cm³/mol. The van der Waals surface area contributed by atoms with Crippen molar-refractivity contribution in [1.82, 2.24) is 10.9 Å². The van der Waals surface area contributed by atoms with Crippen molar-refractivity contribution in [2.45, 2.75) is 20.3 Å². The average Bonchev–Trinajstić information content (AvgIpc) is 2.61. The van der Waals surface area contributed by atoms with E-state index in [2.05, 4.69) is 23.1 Å². The highest BCUT2D eigenvalue weighted by atomic mass is 35.5. The number of benzene rings is 2. The Kier molecular flexibility index (Phi) is 7.03. The fourth-order valence-corrected chi connectivity index (χ4v) is 2.56. The lowest BCUT2D eigenvalue weighted by molar-refractivity contribution is -0.123. The quantitative estimate of drug-likeness (QED) is 0.549. The molecule has 0 bridgehead atoms. The molecule has 0 saturated carbocycles. The lowest BCUT2D eigenvalue weighted by Crippen LogP contribution is -2.45. The zero-order valence-electron chi connectivity index (χ0n) is 14.1. The van der Waals surface area contributed by atoms with Crippen molar-refractivity contribution in [2.75, 3.05) is 11.9 Å². The number of halogens is 1. The summed E-state index contributed by atoms with van der Waals surface area (Å²) >= 11 is 11.2. The summed E-state index contributed by atoms with van der Waals surface area (Å²) in [5.41, 5.74) is 8.34. The van der Waals surface area contributed by atoms with Gasteiger partial charge in [-0.05, 0) is 48.8 Å². The largest absolute Gasteiger partial charge is 0.482 e. The summed E-state index contributed by atoms with van der Waals surface area (Å²) in [6, 6.07) is 13.0. The number of anilines is 1. The smallest absolute Gasteiger partial charge is 0.276 e. The monoisotopic (exact) mass is 377 g/mol. The van der Waals surface area contributed by atoms with Crippen LogP contribution in [0.15, 0.2) is 42.5 Å². The minimum atomic E-state index is -0.371. The van der Waals surface area contributed by atoms with Gasteiger partial charge in [0.25, 0.3) is 5.91 Å². The second kappa shape index (κ2) is 9.25. The van der Waals surface area contributed by atoms with Crippen LogP contribution in [0.25, 0.3) is 0 Å². The van der Waals surface area contributed by atoms with Crippen molar-refractivity contribution in [3.8, 4) is 5.75 Å². The Balaban J connectivity index is 1.82. The van der Waals surface area contributed by atoms with Crippen LogP contribution in [0.5, 0.6) is 5.75 Å². The Morgan fingerprint density at radius 1 is 1.16 bits per heavy atom. The molecular weight excluding hydrogens is 358 g/mol. The molecule has 5 nitrogen and oxygen atoms in total. The molecule has 0 aliphatic rings. The van der Waals surface area contributed by atoms with E-state index in [1.54, 1.807) is 24.3 Å². The number of rotatable bonds is 5. The third kappa shape index (κ3) is 5.62. The van der Waals surface area contributed by atoms with Gasteiger partial charge in [-0.2, -0.15) is 0 Å². The van der Waals surface area contributed by atoms with Crippen LogP contribution < -0.4 is 20.9 Å². The highest BCUT2D eigenvalue weighted by Gasteiger charge is 2.08. The molecule has 0 heterocycles. The maximum atomic E-state index is 11.8. The molecule has 7 heteroatoms. The second-order valence-corrected chi connectivity index (χ2v) is 6.12. The van der Waals surface area contributed by atoms with Crippen LogP contribution in [0.1, 0.15) is 18.1 Å². The molecule has 0 aromatic heterocycles. The van der Waals surface area contributed by atoms with Crippen LogP contribution in [-0.2, 0) is 11.2 Å². The van der Waals surface area contributed by atoms with Crippen LogP contribution in [-0.4, -0.2) is 17.6 Å². The highest BCUT2D eigenvalue weighted by Crippen LogP contribution is 2.23. The fourth-order valence-electron chi connectivity index (χ4n) is 2.21. The van der Waals surface area contributed by atoms with Gasteiger partial charge in [0.2, 0.25) is 0 Å². The van der Waals surface area contributed by atoms with Gasteiger partial charge in [-0.25, -0.2) is 0 Å². The van der Waals surface area contributed by atoms with E-state index < -0.39 is 0 Å². The first-order valence-electron chi connectivity index (χ1n) is 7.83. The molecule has 0 aliphatic carbocycles. The summed E-state index contributed by atoms with van der Waals surface area (Å²) in [5, 5.41) is 3.86. The van der Waals surface area contributed by atoms with Gasteiger partial charge in [-0.1, -0.05) is 48.9 Å². The Bertz CT molecular complexity index is 768. The number of carbonyl (C=O) groups excluding carboxylic acids is 1. The van der Waals surface area contributed by atoms with Gasteiger partial charge in [-0.3, -0.25) is 15.6 Å². The third-order valence-electron chi connectivity index (χ3n) is 3.49. The Hall–Kier alpha value is -2.31. The van der Waals surface area contributed by atoms with Gasteiger partial charge in [-0.15, -0.1) is 0 Å². The number of amides is 1. The van der Waals surface area contributed by atoms with E-state index in [9.17, 15) is 4.79 Å². The van der Waals surface area contributed by atoms with E-state index in [-0.39, 0.29) is 12.5 Å². The first-order valence-corrected chi connectivity index (χ1v) is 8.61. The molecule has 3 N–H and O–H groups in total. The van der Waals surface area contributed by atoms with Crippen LogP contribution in [0.2, 0.25) is 5.02 Å². The van der Waals surface area contributed by atoms with Crippen molar-refractivity contribution in [2.24, 2.45) is 0 Å². The van der Waals surface area contributed by atoms with E-state index in [1.165, 1.54) is 0 Å². The summed E-state index contributed by atoms with van der Waals surface area (Å²) in [4.78, 5) is 11.8. The summed E-state index contributed by atoms with van der Waals surface area (Å²) in [7, 11) is 0. The Morgan fingerprint density at radius 3 is 2.64 bits per heavy atom. The molecule has 1 amide bonds. The van der Waals surface area contributed by atoms with Crippen LogP contribution in [0.4, 0.5) is 5.69 Å². The van der Waals surface area contributed by atoms with E-state index in [0.717, 1.165) is 23.2 Å². The molecule has 0 radical (unpaired) electrons. The molecule has 0 spiro atoms. The molecule has 25 heavy (non-hydrogen) atoms. The summed E-state index contributed by atoms with van der Waals surface area (Å²) in [5.74, 6) is 0.0806. The topological polar surface area (TPSA) is 62.4 Å². The second-order valence-electron chi connectivity index (χ2n) is 5.31. The molecule has 0 atom stereocenters. The number of carbonyl (C=O) groups is 1. The van der Waals surface area contributed by atoms with Gasteiger partial charge >= 0.3 is 0 Å². The molecule has 132 valence electrons. The van der Waals surface area contributed by atoms with Crippen molar-refractivity contribution in [3.63, 3.8) is 0 Å². The number of thiocarbonyl (C=S) groups is 1. The summed E-state index contributed by atoms with van der Waals surface area (Å²) in [6.07, 6.45) is 0.880. The maximum Gasteiger partial charge on any atom is 0.276 e. The Labute approximate surface area is 157 Å². The number of para-hydroxylation sites is 2. The molecule has 2 rings (SSSR count). The van der Waals surface area contributed by atoms with E-state index in [4.69, 9.17) is 28.6 Å². The van der Waals surface area contributed by atoms with E-state index in [1.807, 2.05) is 25.1 Å². The minimum absolute atomic E-state index is 0.177. The lowest BCUT2D eigenvalue weighted by atomic mass is 10.1. The number of nitrogens with one attached hydrogen (secondary N) is 3. The third-order valence-corrected chi connectivity index (χ3v) is 4.01. The predicted octanol–water partition coefficient (Wildman–Crippen LogP) is 3.61. The van der Waals surface area contributed by atoms with Gasteiger partial charge in [0.1, 0.15) is 5.75 Å². The van der Waals surface area contributed by atoms with Crippen LogP contribution in [0.3, 0.4) is 0 Å². The number of hydrazine groups is 1. The van der Waals surface area contributed by atoms with Gasteiger partial charge < -0.3 is 10.1 Å². The van der Waals surface area contributed by atoms with Crippen molar-refractivity contribution < 1.29 is 9.53 Å². The number of hydrogen-bond donors (Lipinski definition) is 3. The standard InChI is InChI=1S/C18H20ClN3O2S/c1-3-13-8-6-7-12(2)17(13)20-18(25)22-21-16(23)11-24-15-10-5-4-9-14(15)19/h4-10H,3,11H2,1-2H3,(H,21,23)(H2,20,22,25).